The van der Waals surface area contributed by atoms with Crippen molar-refractivity contribution in [3.63, 3.8) is 0 Å². The fourth-order valence-corrected chi connectivity index (χ4v) is 2.99. The molecular formula is C23H20F3N3O5. The maximum Gasteiger partial charge on any atom is 0.421 e. The summed E-state index contributed by atoms with van der Waals surface area (Å²) in [5.74, 6) is -0.319. The van der Waals surface area contributed by atoms with Crippen molar-refractivity contribution in [1.82, 2.24) is 4.57 Å². The molecule has 1 heterocycles. The summed E-state index contributed by atoms with van der Waals surface area (Å²) in [6.07, 6.45) is -3.73. The SMILES string of the molecule is COc1ccccc1OCC(=O)Nc1cccc(NC(=O)Cn2cccc(C(F)(F)F)c2=O)c1. The van der Waals surface area contributed by atoms with Crippen LogP contribution in [0.15, 0.2) is 71.7 Å². The lowest BCUT2D eigenvalue weighted by Gasteiger charge is -2.12. The van der Waals surface area contributed by atoms with E-state index >= 15 is 0 Å². The number of aromatic nitrogens is 1. The highest BCUT2D eigenvalue weighted by atomic mass is 19.4. The monoisotopic (exact) mass is 475 g/mol. The number of methoxy groups -OCH3 is 1. The maximum atomic E-state index is 12.9. The quantitative estimate of drug-likeness (QED) is 0.520. The van der Waals surface area contributed by atoms with Gasteiger partial charge in [-0.3, -0.25) is 14.4 Å². The fraction of sp³-hybridized carbons (Fsp3) is 0.174. The first-order chi connectivity index (χ1) is 16.2. The summed E-state index contributed by atoms with van der Waals surface area (Å²) >= 11 is 0. The molecule has 0 atom stereocenters. The van der Waals surface area contributed by atoms with E-state index in [0.717, 1.165) is 12.3 Å². The van der Waals surface area contributed by atoms with Crippen LogP contribution in [0.2, 0.25) is 0 Å². The number of anilines is 2. The number of halogens is 3. The lowest BCUT2D eigenvalue weighted by atomic mass is 10.2. The predicted octanol–water partition coefficient (Wildman–Crippen LogP) is 3.53. The minimum Gasteiger partial charge on any atom is -0.493 e. The highest BCUT2D eigenvalue weighted by Gasteiger charge is 2.34. The number of nitrogens with one attached hydrogen (secondary N) is 2. The average Bonchev–Trinajstić information content (AvgIpc) is 2.78. The minimum absolute atomic E-state index is 0.272. The summed E-state index contributed by atoms with van der Waals surface area (Å²) in [6.45, 7) is -0.915. The van der Waals surface area contributed by atoms with Crippen molar-refractivity contribution in [2.45, 2.75) is 12.7 Å². The molecular weight excluding hydrogens is 455 g/mol. The molecule has 0 bridgehead atoms. The summed E-state index contributed by atoms with van der Waals surface area (Å²) in [7, 11) is 1.48. The molecule has 1 aromatic heterocycles. The van der Waals surface area contributed by atoms with E-state index in [2.05, 4.69) is 10.6 Å². The van der Waals surface area contributed by atoms with Crippen LogP contribution in [0.25, 0.3) is 0 Å². The van der Waals surface area contributed by atoms with Crippen LogP contribution < -0.4 is 25.7 Å². The molecule has 0 fully saturated rings. The van der Waals surface area contributed by atoms with Crippen molar-refractivity contribution in [3.8, 4) is 11.5 Å². The van der Waals surface area contributed by atoms with Gasteiger partial charge in [0.05, 0.1) is 7.11 Å². The van der Waals surface area contributed by atoms with E-state index in [4.69, 9.17) is 9.47 Å². The Balaban J connectivity index is 1.60. The van der Waals surface area contributed by atoms with Crippen LogP contribution in [0.3, 0.4) is 0 Å². The second-order valence-electron chi connectivity index (χ2n) is 6.97. The predicted molar refractivity (Wildman–Crippen MR) is 118 cm³/mol. The molecule has 11 heteroatoms. The Morgan fingerprint density at radius 2 is 1.56 bits per heavy atom. The molecule has 2 N–H and O–H groups in total. The molecule has 178 valence electrons. The van der Waals surface area contributed by atoms with Gasteiger partial charge in [-0.1, -0.05) is 18.2 Å². The Kier molecular flexibility index (Phi) is 7.57. The zero-order valence-electron chi connectivity index (χ0n) is 17.9. The number of amides is 2. The van der Waals surface area contributed by atoms with Crippen LogP contribution in [0.1, 0.15) is 5.56 Å². The second-order valence-corrected chi connectivity index (χ2v) is 6.97. The molecule has 0 saturated carbocycles. The van der Waals surface area contributed by atoms with Crippen molar-refractivity contribution in [1.29, 1.82) is 0 Å². The summed E-state index contributed by atoms with van der Waals surface area (Å²) in [6, 6.07) is 14.6. The van der Waals surface area contributed by atoms with Gasteiger partial charge in [0, 0.05) is 17.6 Å². The van der Waals surface area contributed by atoms with Crippen molar-refractivity contribution in [2.24, 2.45) is 0 Å². The number of nitrogens with zero attached hydrogens (tertiary/aromatic N) is 1. The molecule has 0 aliphatic heterocycles. The second kappa shape index (κ2) is 10.6. The Morgan fingerprint density at radius 3 is 2.21 bits per heavy atom. The number of alkyl halides is 3. The molecule has 3 aromatic rings. The smallest absolute Gasteiger partial charge is 0.421 e. The summed E-state index contributed by atoms with van der Waals surface area (Å²) in [5.41, 5.74) is -2.06. The molecule has 2 aromatic carbocycles. The molecule has 0 aliphatic carbocycles. The van der Waals surface area contributed by atoms with Gasteiger partial charge in [-0.2, -0.15) is 13.2 Å². The van der Waals surface area contributed by atoms with E-state index in [9.17, 15) is 27.6 Å². The van der Waals surface area contributed by atoms with E-state index in [1.165, 1.54) is 19.2 Å². The number of carbonyl (C=O) groups is 2. The van der Waals surface area contributed by atoms with Crippen LogP contribution in [0.5, 0.6) is 11.5 Å². The Bertz CT molecular complexity index is 1240. The molecule has 0 saturated heterocycles. The standard InChI is InChI=1S/C23H20F3N3O5/c1-33-18-9-2-3-10-19(18)34-14-21(31)28-16-7-4-6-15(12-16)27-20(30)13-29-11-5-8-17(22(29)32)23(24,25)26/h2-12H,13-14H2,1H3,(H,27,30)(H,28,31). The highest BCUT2D eigenvalue weighted by Crippen LogP contribution is 2.26. The molecule has 0 unspecified atom stereocenters. The number of pyridine rings is 1. The Labute approximate surface area is 191 Å². The zero-order chi connectivity index (χ0) is 24.7. The van der Waals surface area contributed by atoms with Crippen molar-refractivity contribution < 1.29 is 32.2 Å². The third kappa shape index (κ3) is 6.37. The van der Waals surface area contributed by atoms with Crippen molar-refractivity contribution in [2.75, 3.05) is 24.4 Å². The van der Waals surface area contributed by atoms with E-state index in [0.29, 0.717) is 27.8 Å². The van der Waals surface area contributed by atoms with Crippen LogP contribution in [-0.2, 0) is 22.3 Å². The van der Waals surface area contributed by atoms with Crippen LogP contribution in [0, 0.1) is 0 Å². The number of rotatable bonds is 8. The number of carbonyl (C=O) groups excluding carboxylic acids is 2. The van der Waals surface area contributed by atoms with Gasteiger partial charge in [0.15, 0.2) is 18.1 Å². The van der Waals surface area contributed by atoms with Crippen LogP contribution >= 0.6 is 0 Å². The molecule has 8 nitrogen and oxygen atoms in total. The van der Waals surface area contributed by atoms with Crippen LogP contribution in [0.4, 0.5) is 24.5 Å². The molecule has 3 rings (SSSR count). The average molecular weight is 475 g/mol. The number of benzene rings is 2. The number of ether oxygens (including phenoxy) is 2. The molecule has 0 spiro atoms. The number of hydrogen-bond acceptors (Lipinski definition) is 5. The van der Waals surface area contributed by atoms with E-state index in [1.54, 1.807) is 36.4 Å². The Morgan fingerprint density at radius 1 is 0.912 bits per heavy atom. The van der Waals surface area contributed by atoms with Gasteiger partial charge in [0.25, 0.3) is 11.5 Å². The van der Waals surface area contributed by atoms with Crippen molar-refractivity contribution >= 4 is 23.2 Å². The van der Waals surface area contributed by atoms with Gasteiger partial charge in [-0.25, -0.2) is 0 Å². The minimum atomic E-state index is -4.82. The van der Waals surface area contributed by atoms with Gasteiger partial charge < -0.3 is 24.7 Å². The van der Waals surface area contributed by atoms with E-state index < -0.39 is 35.7 Å². The third-order valence-corrected chi connectivity index (χ3v) is 4.50. The first-order valence-electron chi connectivity index (χ1n) is 9.89. The number of para-hydroxylation sites is 2. The maximum absolute atomic E-state index is 12.9. The lowest BCUT2D eigenvalue weighted by Crippen LogP contribution is -2.31. The van der Waals surface area contributed by atoms with Gasteiger partial charge in [-0.15, -0.1) is 0 Å². The van der Waals surface area contributed by atoms with Crippen molar-refractivity contribution in [3.05, 3.63) is 82.8 Å². The summed E-state index contributed by atoms with van der Waals surface area (Å²) in [4.78, 5) is 36.5. The Hall–Kier alpha value is -4.28. The van der Waals surface area contributed by atoms with Gasteiger partial charge >= 0.3 is 6.18 Å². The molecule has 2 amide bonds. The zero-order valence-corrected chi connectivity index (χ0v) is 17.9. The van der Waals surface area contributed by atoms with E-state index in [1.807, 2.05) is 0 Å². The molecule has 34 heavy (non-hydrogen) atoms. The first kappa shape index (κ1) is 24.4. The summed E-state index contributed by atoms with van der Waals surface area (Å²) < 4.78 is 49.9. The first-order valence-corrected chi connectivity index (χ1v) is 9.89. The summed E-state index contributed by atoms with van der Waals surface area (Å²) in [5, 5.41) is 5.09. The molecule has 0 radical (unpaired) electrons. The topological polar surface area (TPSA) is 98.7 Å². The van der Waals surface area contributed by atoms with Crippen LogP contribution in [-0.4, -0.2) is 30.1 Å². The third-order valence-electron chi connectivity index (χ3n) is 4.50. The lowest BCUT2D eigenvalue weighted by molar-refractivity contribution is -0.139. The molecule has 0 aliphatic rings. The highest BCUT2D eigenvalue weighted by molar-refractivity contribution is 5.94. The fourth-order valence-electron chi connectivity index (χ4n) is 2.99. The van der Waals surface area contributed by atoms with Gasteiger partial charge in [0.2, 0.25) is 5.91 Å². The normalized spacial score (nSPS) is 10.9. The van der Waals surface area contributed by atoms with Gasteiger partial charge in [-0.05, 0) is 42.5 Å². The van der Waals surface area contributed by atoms with Gasteiger partial charge in [0.1, 0.15) is 12.1 Å². The van der Waals surface area contributed by atoms with E-state index in [-0.39, 0.29) is 12.3 Å². The largest absolute Gasteiger partial charge is 0.493 e. The number of hydrogen-bond donors (Lipinski definition) is 2.